The zero-order valence-corrected chi connectivity index (χ0v) is 17.0. The van der Waals surface area contributed by atoms with Gasteiger partial charge in [0.2, 0.25) is 5.91 Å². The van der Waals surface area contributed by atoms with Gasteiger partial charge in [0.1, 0.15) is 12.4 Å². The Hall–Kier alpha value is -3.48. The molecule has 30 heavy (non-hydrogen) atoms. The third-order valence-corrected chi connectivity index (χ3v) is 5.29. The summed E-state index contributed by atoms with van der Waals surface area (Å²) in [6.45, 7) is 4.63. The summed E-state index contributed by atoms with van der Waals surface area (Å²) in [6.07, 6.45) is 1.57. The van der Waals surface area contributed by atoms with Crippen molar-refractivity contribution >= 4 is 23.2 Å². The average Bonchev–Trinajstić information content (AvgIpc) is 3.04. The SMILES string of the molecule is Cc1cc(C)n(CC(=O)N2CCCc3c(NC(=O)c4ccc(F)cc4)cccc32)n1. The fourth-order valence-electron chi connectivity index (χ4n) is 3.85. The van der Waals surface area contributed by atoms with Crippen LogP contribution in [0.2, 0.25) is 0 Å². The first-order chi connectivity index (χ1) is 14.4. The Labute approximate surface area is 174 Å². The van der Waals surface area contributed by atoms with Crippen LogP contribution in [0.3, 0.4) is 0 Å². The molecule has 1 N–H and O–H groups in total. The predicted octanol–water partition coefficient (Wildman–Crippen LogP) is 3.87. The lowest BCUT2D eigenvalue weighted by Crippen LogP contribution is -2.38. The minimum Gasteiger partial charge on any atom is -0.322 e. The summed E-state index contributed by atoms with van der Waals surface area (Å²) in [5.41, 5.74) is 4.61. The number of hydrogen-bond acceptors (Lipinski definition) is 3. The summed E-state index contributed by atoms with van der Waals surface area (Å²) < 4.78 is 14.8. The number of anilines is 2. The first kappa shape index (κ1) is 19.8. The van der Waals surface area contributed by atoms with Gasteiger partial charge in [-0.05, 0) is 74.7 Å². The van der Waals surface area contributed by atoms with Crippen LogP contribution in [0.4, 0.5) is 15.8 Å². The highest BCUT2D eigenvalue weighted by molar-refractivity contribution is 6.05. The first-order valence-corrected chi connectivity index (χ1v) is 9.92. The molecule has 0 unspecified atom stereocenters. The second-order valence-electron chi connectivity index (χ2n) is 7.50. The maximum Gasteiger partial charge on any atom is 0.255 e. The smallest absolute Gasteiger partial charge is 0.255 e. The Morgan fingerprint density at radius 2 is 1.90 bits per heavy atom. The summed E-state index contributed by atoms with van der Waals surface area (Å²) in [7, 11) is 0. The van der Waals surface area contributed by atoms with E-state index in [1.807, 2.05) is 38.1 Å². The lowest BCUT2D eigenvalue weighted by Gasteiger charge is -2.31. The molecule has 1 aliphatic rings. The predicted molar refractivity (Wildman–Crippen MR) is 113 cm³/mol. The molecule has 0 atom stereocenters. The first-order valence-electron chi connectivity index (χ1n) is 9.92. The summed E-state index contributed by atoms with van der Waals surface area (Å²) in [6, 6.07) is 12.9. The van der Waals surface area contributed by atoms with Crippen molar-refractivity contribution < 1.29 is 14.0 Å². The molecule has 0 saturated carbocycles. The van der Waals surface area contributed by atoms with Gasteiger partial charge in [-0.2, -0.15) is 5.10 Å². The van der Waals surface area contributed by atoms with Crippen LogP contribution in [0.25, 0.3) is 0 Å². The van der Waals surface area contributed by atoms with Crippen LogP contribution >= 0.6 is 0 Å². The van der Waals surface area contributed by atoms with E-state index in [0.717, 1.165) is 35.5 Å². The molecule has 6 nitrogen and oxygen atoms in total. The fraction of sp³-hybridized carbons (Fsp3) is 0.261. The van der Waals surface area contributed by atoms with Crippen LogP contribution in [0.5, 0.6) is 0 Å². The molecule has 154 valence electrons. The average molecular weight is 406 g/mol. The Morgan fingerprint density at radius 1 is 1.13 bits per heavy atom. The summed E-state index contributed by atoms with van der Waals surface area (Å²) in [4.78, 5) is 27.4. The Bertz CT molecular complexity index is 1100. The molecule has 1 aliphatic heterocycles. The van der Waals surface area contributed by atoms with E-state index in [1.165, 1.54) is 24.3 Å². The number of nitrogens with zero attached hydrogens (tertiary/aromatic N) is 3. The minimum absolute atomic E-state index is 0.0378. The van der Waals surface area contributed by atoms with Gasteiger partial charge in [0.05, 0.1) is 5.69 Å². The second kappa shape index (κ2) is 8.10. The molecule has 0 saturated heterocycles. The van der Waals surface area contributed by atoms with Gasteiger partial charge in [-0.15, -0.1) is 0 Å². The second-order valence-corrected chi connectivity index (χ2v) is 7.50. The van der Waals surface area contributed by atoms with Crippen LogP contribution in [-0.2, 0) is 17.8 Å². The highest BCUT2D eigenvalue weighted by Gasteiger charge is 2.25. The van der Waals surface area contributed by atoms with Gasteiger partial charge in [-0.3, -0.25) is 14.3 Å². The Kier molecular flexibility index (Phi) is 5.35. The van der Waals surface area contributed by atoms with E-state index in [-0.39, 0.29) is 24.2 Å². The third kappa shape index (κ3) is 3.96. The number of fused-ring (bicyclic) bond motifs is 1. The quantitative estimate of drug-likeness (QED) is 0.715. The molecular weight excluding hydrogens is 383 g/mol. The van der Waals surface area contributed by atoms with Gasteiger partial charge in [0.15, 0.2) is 0 Å². The number of aryl methyl sites for hydroxylation is 2. The number of aromatic nitrogens is 2. The molecule has 2 amide bonds. The number of rotatable bonds is 4. The molecule has 0 spiro atoms. The van der Waals surface area contributed by atoms with Crippen molar-refractivity contribution in [3.63, 3.8) is 0 Å². The van der Waals surface area contributed by atoms with Crippen molar-refractivity contribution in [3.8, 4) is 0 Å². The van der Waals surface area contributed by atoms with Gasteiger partial charge in [-0.25, -0.2) is 4.39 Å². The van der Waals surface area contributed by atoms with Crippen LogP contribution in [0, 0.1) is 19.7 Å². The maximum absolute atomic E-state index is 13.1. The molecule has 3 aromatic rings. The number of halogens is 1. The van der Waals surface area contributed by atoms with Gasteiger partial charge in [-0.1, -0.05) is 6.07 Å². The number of amides is 2. The van der Waals surface area contributed by atoms with Gasteiger partial charge in [0, 0.05) is 29.2 Å². The molecule has 0 fully saturated rings. The molecular formula is C23H23FN4O2. The van der Waals surface area contributed by atoms with E-state index in [2.05, 4.69) is 10.4 Å². The lowest BCUT2D eigenvalue weighted by molar-refractivity contribution is -0.119. The molecule has 2 heterocycles. The molecule has 0 aliphatic carbocycles. The highest BCUT2D eigenvalue weighted by Crippen LogP contribution is 2.33. The van der Waals surface area contributed by atoms with Gasteiger partial charge in [0.25, 0.3) is 5.91 Å². The maximum atomic E-state index is 13.1. The van der Waals surface area contributed by atoms with E-state index >= 15 is 0 Å². The van der Waals surface area contributed by atoms with Gasteiger partial charge < -0.3 is 10.2 Å². The normalized spacial score (nSPS) is 13.1. The number of benzene rings is 2. The van der Waals surface area contributed by atoms with Gasteiger partial charge >= 0.3 is 0 Å². The van der Waals surface area contributed by atoms with E-state index < -0.39 is 0 Å². The zero-order chi connectivity index (χ0) is 21.3. The third-order valence-electron chi connectivity index (χ3n) is 5.29. The van der Waals surface area contributed by atoms with Crippen molar-refractivity contribution in [1.29, 1.82) is 0 Å². The monoisotopic (exact) mass is 406 g/mol. The molecule has 4 rings (SSSR count). The van der Waals surface area contributed by atoms with Crippen LogP contribution < -0.4 is 10.2 Å². The van der Waals surface area contributed by atoms with Crippen molar-refractivity contribution in [2.24, 2.45) is 0 Å². The minimum atomic E-state index is -0.389. The van der Waals surface area contributed by atoms with Crippen LogP contribution in [-0.4, -0.2) is 28.1 Å². The van der Waals surface area contributed by atoms with Crippen molar-refractivity contribution in [3.05, 3.63) is 76.9 Å². The number of carbonyl (C=O) groups is 2. The highest BCUT2D eigenvalue weighted by atomic mass is 19.1. The number of nitrogens with one attached hydrogen (secondary N) is 1. The molecule has 7 heteroatoms. The summed E-state index contributed by atoms with van der Waals surface area (Å²) in [5.74, 6) is -0.737. The number of hydrogen-bond donors (Lipinski definition) is 1. The van der Waals surface area contributed by atoms with E-state index in [4.69, 9.17) is 0 Å². The molecule has 2 aromatic carbocycles. The summed E-state index contributed by atoms with van der Waals surface area (Å²) in [5, 5.41) is 7.29. The number of carbonyl (C=O) groups excluding carboxylic acids is 2. The van der Waals surface area contributed by atoms with Crippen molar-refractivity contribution in [2.45, 2.75) is 33.2 Å². The summed E-state index contributed by atoms with van der Waals surface area (Å²) >= 11 is 0. The molecule has 1 aromatic heterocycles. The lowest BCUT2D eigenvalue weighted by atomic mass is 9.99. The van der Waals surface area contributed by atoms with Crippen LogP contribution in [0.15, 0.2) is 48.5 Å². The Balaban J connectivity index is 1.57. The van der Waals surface area contributed by atoms with E-state index in [1.54, 1.807) is 9.58 Å². The fourth-order valence-corrected chi connectivity index (χ4v) is 3.85. The van der Waals surface area contributed by atoms with E-state index in [0.29, 0.717) is 17.8 Å². The van der Waals surface area contributed by atoms with E-state index in [9.17, 15) is 14.0 Å². The van der Waals surface area contributed by atoms with Crippen molar-refractivity contribution in [2.75, 3.05) is 16.8 Å². The standard InChI is InChI=1S/C23H23FN4O2/c1-15-13-16(2)28(26-15)14-22(29)27-12-4-5-19-20(6-3-7-21(19)27)25-23(30)17-8-10-18(24)11-9-17/h3,6-11,13H,4-5,12,14H2,1-2H3,(H,25,30). The largest absolute Gasteiger partial charge is 0.322 e. The topological polar surface area (TPSA) is 67.2 Å². The van der Waals surface area contributed by atoms with Crippen LogP contribution in [0.1, 0.15) is 33.7 Å². The zero-order valence-electron chi connectivity index (χ0n) is 17.0. The van der Waals surface area contributed by atoms with Crippen molar-refractivity contribution in [1.82, 2.24) is 9.78 Å². The molecule has 0 radical (unpaired) electrons. The molecule has 0 bridgehead atoms. The Morgan fingerprint density at radius 3 is 2.60 bits per heavy atom.